The number of carbonyl (C=O) groups excluding carboxylic acids is 1. The van der Waals surface area contributed by atoms with Crippen LogP contribution in [0.25, 0.3) is 11.8 Å². The van der Waals surface area contributed by atoms with Crippen molar-refractivity contribution in [2.45, 2.75) is 45.6 Å². The summed E-state index contributed by atoms with van der Waals surface area (Å²) < 4.78 is 15.3. The largest absolute Gasteiger partial charge is 0.339 e. The van der Waals surface area contributed by atoms with E-state index in [9.17, 15) is 9.18 Å². The molecule has 33 heavy (non-hydrogen) atoms. The van der Waals surface area contributed by atoms with Gasteiger partial charge in [-0.2, -0.15) is 5.10 Å². The van der Waals surface area contributed by atoms with Crippen LogP contribution in [0.3, 0.4) is 0 Å². The normalized spacial score (nSPS) is 22.3. The Bertz CT molecular complexity index is 1200. The van der Waals surface area contributed by atoms with E-state index in [4.69, 9.17) is 0 Å². The summed E-state index contributed by atoms with van der Waals surface area (Å²) in [7, 11) is 1.92. The van der Waals surface area contributed by atoms with Gasteiger partial charge in [0.25, 0.3) is 0 Å². The Kier molecular flexibility index (Phi) is 5.43. The highest BCUT2D eigenvalue weighted by Crippen LogP contribution is 2.55. The summed E-state index contributed by atoms with van der Waals surface area (Å²) in [6.07, 6.45) is 8.32. The lowest BCUT2D eigenvalue weighted by Crippen LogP contribution is -2.35. The third kappa shape index (κ3) is 3.79. The Morgan fingerprint density at radius 2 is 1.94 bits per heavy atom. The number of rotatable bonds is 5. The SMILES string of the molecule is CC(=O)N(C)C(C[C@H]1CCC2=Cc3c(cnn3-c3ccc(F)cc3)C[C@@]21C)c1ccccc1. The van der Waals surface area contributed by atoms with Crippen molar-refractivity contribution in [3.05, 3.63) is 89.0 Å². The average Bonchev–Trinajstić information content (AvgIpc) is 3.36. The lowest BCUT2D eigenvalue weighted by atomic mass is 9.68. The maximum atomic E-state index is 13.4. The van der Waals surface area contributed by atoms with E-state index < -0.39 is 0 Å². The Labute approximate surface area is 194 Å². The predicted molar refractivity (Wildman–Crippen MR) is 128 cm³/mol. The molecule has 170 valence electrons. The smallest absolute Gasteiger partial charge is 0.219 e. The van der Waals surface area contributed by atoms with Gasteiger partial charge in [-0.1, -0.05) is 42.8 Å². The molecule has 0 saturated heterocycles. The van der Waals surface area contributed by atoms with Gasteiger partial charge in [0.15, 0.2) is 0 Å². The number of amides is 1. The second-order valence-corrected chi connectivity index (χ2v) is 9.73. The Morgan fingerprint density at radius 1 is 1.21 bits per heavy atom. The number of nitrogens with zero attached hydrogens (tertiary/aromatic N) is 3. The van der Waals surface area contributed by atoms with E-state index >= 15 is 0 Å². The zero-order chi connectivity index (χ0) is 23.2. The van der Waals surface area contributed by atoms with Crippen molar-refractivity contribution in [1.82, 2.24) is 14.7 Å². The number of carbonyl (C=O) groups is 1. The van der Waals surface area contributed by atoms with Gasteiger partial charge in [-0.3, -0.25) is 4.79 Å². The molecule has 1 amide bonds. The van der Waals surface area contributed by atoms with Crippen LogP contribution in [0, 0.1) is 17.2 Å². The Balaban J connectivity index is 1.45. The van der Waals surface area contributed by atoms with Crippen LogP contribution in [0.15, 0.2) is 66.4 Å². The van der Waals surface area contributed by atoms with Crippen LogP contribution in [0.1, 0.15) is 56.0 Å². The molecule has 0 bridgehead atoms. The van der Waals surface area contributed by atoms with Crippen molar-refractivity contribution in [1.29, 1.82) is 0 Å². The van der Waals surface area contributed by atoms with E-state index in [1.165, 1.54) is 28.8 Å². The topological polar surface area (TPSA) is 38.1 Å². The van der Waals surface area contributed by atoms with E-state index in [0.717, 1.165) is 37.1 Å². The molecular weight excluding hydrogens is 413 g/mol. The zero-order valence-corrected chi connectivity index (χ0v) is 19.5. The highest BCUT2D eigenvalue weighted by molar-refractivity contribution is 5.73. The maximum Gasteiger partial charge on any atom is 0.219 e. The molecule has 3 atom stereocenters. The molecule has 2 aliphatic rings. The molecule has 1 unspecified atom stereocenters. The summed E-state index contributed by atoms with van der Waals surface area (Å²) in [4.78, 5) is 14.2. The fraction of sp³-hybridized carbons (Fsp3) is 0.357. The minimum atomic E-state index is -0.243. The standard InChI is InChI=1S/C28H30FN3O/c1-19(33)31(3)26(20-7-5-4-6-8-20)15-22-9-10-23-16-27-21(17-28(22,23)2)18-30-32(27)25-13-11-24(29)12-14-25/h4-8,11-14,16,18,22,26H,9-10,15,17H2,1-3H3/t22-,26?,28-/m1/s1. The van der Waals surface area contributed by atoms with Crippen LogP contribution in [0.5, 0.6) is 0 Å². The quantitative estimate of drug-likeness (QED) is 0.487. The van der Waals surface area contributed by atoms with Crippen molar-refractivity contribution >= 4 is 12.0 Å². The number of aromatic nitrogens is 2. The minimum Gasteiger partial charge on any atom is -0.339 e. The molecule has 1 aromatic heterocycles. The molecule has 0 radical (unpaired) electrons. The molecule has 5 heteroatoms. The van der Waals surface area contributed by atoms with E-state index in [1.54, 1.807) is 19.1 Å². The molecule has 2 aliphatic carbocycles. The molecule has 1 heterocycles. The summed E-state index contributed by atoms with van der Waals surface area (Å²) in [6.45, 7) is 4.03. The van der Waals surface area contributed by atoms with Crippen molar-refractivity contribution in [2.24, 2.45) is 11.3 Å². The summed E-state index contributed by atoms with van der Waals surface area (Å²) in [6, 6.07) is 16.9. The molecule has 0 spiro atoms. The Hall–Kier alpha value is -3.21. The molecular formula is C28H30FN3O. The van der Waals surface area contributed by atoms with Crippen molar-refractivity contribution < 1.29 is 9.18 Å². The number of allylic oxidation sites excluding steroid dienone is 1. The lowest BCUT2D eigenvalue weighted by Gasteiger charge is -2.39. The van der Waals surface area contributed by atoms with Crippen molar-refractivity contribution in [3.63, 3.8) is 0 Å². The molecule has 0 N–H and O–H groups in total. The molecule has 1 fully saturated rings. The van der Waals surface area contributed by atoms with Gasteiger partial charge < -0.3 is 4.90 Å². The van der Waals surface area contributed by atoms with Gasteiger partial charge in [0.2, 0.25) is 5.91 Å². The first-order valence-corrected chi connectivity index (χ1v) is 11.7. The van der Waals surface area contributed by atoms with Crippen molar-refractivity contribution in [2.75, 3.05) is 7.05 Å². The highest BCUT2D eigenvalue weighted by Gasteiger charge is 2.46. The van der Waals surface area contributed by atoms with Crippen LogP contribution in [0.2, 0.25) is 0 Å². The molecule has 0 aliphatic heterocycles. The molecule has 4 nitrogen and oxygen atoms in total. The third-order valence-corrected chi connectivity index (χ3v) is 7.88. The van der Waals surface area contributed by atoms with Crippen LogP contribution < -0.4 is 0 Å². The molecule has 5 rings (SSSR count). The van der Waals surface area contributed by atoms with Gasteiger partial charge in [0.05, 0.1) is 23.6 Å². The first-order valence-electron chi connectivity index (χ1n) is 11.7. The van der Waals surface area contributed by atoms with E-state index in [-0.39, 0.29) is 23.2 Å². The number of halogens is 1. The molecule has 1 saturated carbocycles. The second-order valence-electron chi connectivity index (χ2n) is 9.73. The summed E-state index contributed by atoms with van der Waals surface area (Å²) >= 11 is 0. The first-order chi connectivity index (χ1) is 15.9. The second kappa shape index (κ2) is 8.29. The lowest BCUT2D eigenvalue weighted by molar-refractivity contribution is -0.130. The highest BCUT2D eigenvalue weighted by atomic mass is 19.1. The van der Waals surface area contributed by atoms with Gasteiger partial charge in [-0.05, 0) is 78.5 Å². The third-order valence-electron chi connectivity index (χ3n) is 7.88. The summed E-state index contributed by atoms with van der Waals surface area (Å²) in [5.41, 5.74) is 5.91. The van der Waals surface area contributed by atoms with Crippen LogP contribution in [-0.2, 0) is 11.2 Å². The molecule has 3 aromatic rings. The van der Waals surface area contributed by atoms with Gasteiger partial charge >= 0.3 is 0 Å². The van der Waals surface area contributed by atoms with Crippen LogP contribution in [-0.4, -0.2) is 27.6 Å². The van der Waals surface area contributed by atoms with Crippen molar-refractivity contribution in [3.8, 4) is 5.69 Å². The van der Waals surface area contributed by atoms with Gasteiger partial charge in [-0.15, -0.1) is 0 Å². The Morgan fingerprint density at radius 3 is 2.64 bits per heavy atom. The number of benzene rings is 2. The average molecular weight is 444 g/mol. The number of hydrogen-bond acceptors (Lipinski definition) is 2. The fourth-order valence-electron chi connectivity index (χ4n) is 5.78. The first kappa shape index (κ1) is 21.6. The van der Waals surface area contributed by atoms with Gasteiger partial charge in [0, 0.05) is 14.0 Å². The summed E-state index contributed by atoms with van der Waals surface area (Å²) in [5, 5.41) is 4.64. The van der Waals surface area contributed by atoms with E-state index in [0.29, 0.717) is 5.92 Å². The van der Waals surface area contributed by atoms with Crippen LogP contribution >= 0.6 is 0 Å². The zero-order valence-electron chi connectivity index (χ0n) is 19.5. The van der Waals surface area contributed by atoms with Gasteiger partial charge in [-0.25, -0.2) is 9.07 Å². The number of hydrogen-bond donors (Lipinski definition) is 0. The van der Waals surface area contributed by atoms with E-state index in [1.807, 2.05) is 28.9 Å². The molecule has 2 aromatic carbocycles. The number of fused-ring (bicyclic) bond motifs is 2. The monoisotopic (exact) mass is 443 g/mol. The van der Waals surface area contributed by atoms with Crippen LogP contribution in [0.4, 0.5) is 4.39 Å². The van der Waals surface area contributed by atoms with E-state index in [2.05, 4.69) is 42.4 Å². The summed E-state index contributed by atoms with van der Waals surface area (Å²) in [5.74, 6) is 0.320. The minimum absolute atomic E-state index is 0.0499. The maximum absolute atomic E-state index is 13.4. The fourth-order valence-corrected chi connectivity index (χ4v) is 5.78. The predicted octanol–water partition coefficient (Wildman–Crippen LogP) is 5.98. The van der Waals surface area contributed by atoms with Gasteiger partial charge in [0.1, 0.15) is 5.82 Å².